The summed E-state index contributed by atoms with van der Waals surface area (Å²) >= 11 is 1.09. The third kappa shape index (κ3) is 5.16. The van der Waals surface area contributed by atoms with Crippen LogP contribution in [0.2, 0.25) is 0 Å². The van der Waals surface area contributed by atoms with Crippen molar-refractivity contribution < 1.29 is 19.1 Å². The zero-order chi connectivity index (χ0) is 16.8. The first-order chi connectivity index (χ1) is 11.0. The molecule has 0 spiro atoms. The third-order valence-electron chi connectivity index (χ3n) is 4.01. The number of Topliss-reactive ketones (excluding diaryl/α,β-unsaturated/α-hetero) is 1. The number of rotatable bonds is 5. The molecule has 6 heteroatoms. The van der Waals surface area contributed by atoms with Crippen LogP contribution < -0.4 is 5.32 Å². The van der Waals surface area contributed by atoms with Crippen LogP contribution in [0.5, 0.6) is 0 Å². The molecule has 1 heterocycles. The lowest BCUT2D eigenvalue weighted by Crippen LogP contribution is -2.41. The van der Waals surface area contributed by atoms with Gasteiger partial charge in [-0.2, -0.15) is 0 Å². The molecule has 0 radical (unpaired) electrons. The van der Waals surface area contributed by atoms with Crippen molar-refractivity contribution in [1.82, 2.24) is 5.32 Å². The fraction of sp³-hybridized carbons (Fsp3) is 0.588. The zero-order valence-corrected chi connectivity index (χ0v) is 14.4. The molecule has 126 valence electrons. The van der Waals surface area contributed by atoms with Gasteiger partial charge in [-0.05, 0) is 38.8 Å². The quantitative estimate of drug-likeness (QED) is 0.508. The van der Waals surface area contributed by atoms with E-state index in [1.807, 2.05) is 0 Å². The molecule has 1 aromatic heterocycles. The van der Waals surface area contributed by atoms with E-state index >= 15 is 0 Å². The van der Waals surface area contributed by atoms with Gasteiger partial charge in [-0.3, -0.25) is 9.59 Å². The fourth-order valence-electron chi connectivity index (χ4n) is 2.65. The SMILES string of the molecule is CC(=O)c1ccc(C(=O)OC(C)C(=O)NC2CCCCCC2)s1. The summed E-state index contributed by atoms with van der Waals surface area (Å²) in [6.07, 6.45) is 5.82. The highest BCUT2D eigenvalue weighted by Crippen LogP contribution is 2.19. The van der Waals surface area contributed by atoms with Gasteiger partial charge in [0.25, 0.3) is 5.91 Å². The number of nitrogens with one attached hydrogen (secondary N) is 1. The van der Waals surface area contributed by atoms with E-state index in [2.05, 4.69) is 5.32 Å². The Balaban J connectivity index is 1.86. The molecule has 1 N–H and O–H groups in total. The average Bonchev–Trinajstić information content (AvgIpc) is 2.87. The average molecular weight is 337 g/mol. The number of esters is 1. The van der Waals surface area contributed by atoms with Crippen LogP contribution in [-0.2, 0) is 9.53 Å². The van der Waals surface area contributed by atoms with Crippen LogP contribution in [0, 0.1) is 0 Å². The second-order valence-electron chi connectivity index (χ2n) is 5.96. The van der Waals surface area contributed by atoms with Crippen LogP contribution in [0.3, 0.4) is 0 Å². The van der Waals surface area contributed by atoms with E-state index in [4.69, 9.17) is 4.74 Å². The molecule has 0 aliphatic heterocycles. The molecule has 1 aliphatic carbocycles. The van der Waals surface area contributed by atoms with E-state index in [9.17, 15) is 14.4 Å². The molecule has 1 unspecified atom stereocenters. The standard InChI is InChI=1S/C17H23NO4S/c1-11(19)14-9-10-15(23-14)17(21)22-12(2)16(20)18-13-7-5-3-4-6-8-13/h9-10,12-13H,3-8H2,1-2H3,(H,18,20). The minimum atomic E-state index is -0.839. The minimum absolute atomic E-state index is 0.0896. The van der Waals surface area contributed by atoms with Gasteiger partial charge in [0.05, 0.1) is 4.88 Å². The lowest BCUT2D eigenvalue weighted by atomic mass is 10.1. The van der Waals surface area contributed by atoms with Crippen LogP contribution >= 0.6 is 11.3 Å². The van der Waals surface area contributed by atoms with Gasteiger partial charge in [0.15, 0.2) is 11.9 Å². The van der Waals surface area contributed by atoms with Crippen molar-refractivity contribution in [3.8, 4) is 0 Å². The smallest absolute Gasteiger partial charge is 0.349 e. The molecule has 23 heavy (non-hydrogen) atoms. The summed E-state index contributed by atoms with van der Waals surface area (Å²) in [5.41, 5.74) is 0. The van der Waals surface area contributed by atoms with Crippen molar-refractivity contribution in [1.29, 1.82) is 0 Å². The highest BCUT2D eigenvalue weighted by molar-refractivity contribution is 7.15. The van der Waals surface area contributed by atoms with Crippen LogP contribution in [0.1, 0.15) is 71.7 Å². The normalized spacial score (nSPS) is 17.1. The van der Waals surface area contributed by atoms with Crippen molar-refractivity contribution in [3.05, 3.63) is 21.9 Å². The predicted octanol–water partition coefficient (Wildman–Crippen LogP) is 3.34. The van der Waals surface area contributed by atoms with Crippen LogP contribution in [0.25, 0.3) is 0 Å². The molecule has 1 aliphatic rings. The first-order valence-electron chi connectivity index (χ1n) is 8.09. The van der Waals surface area contributed by atoms with Gasteiger partial charge in [0, 0.05) is 6.04 Å². The number of ketones is 1. The lowest BCUT2D eigenvalue weighted by molar-refractivity contribution is -0.129. The Kier molecular flexibility index (Phi) is 6.33. The summed E-state index contributed by atoms with van der Waals surface area (Å²) in [6.45, 7) is 3.02. The Bertz CT molecular complexity index is 573. The molecule has 1 amide bonds. The van der Waals surface area contributed by atoms with Gasteiger partial charge in [0.2, 0.25) is 0 Å². The first-order valence-corrected chi connectivity index (χ1v) is 8.91. The van der Waals surface area contributed by atoms with Crippen molar-refractivity contribution in [2.45, 2.75) is 64.5 Å². The van der Waals surface area contributed by atoms with Gasteiger partial charge in [-0.25, -0.2) is 4.79 Å². The predicted molar refractivity (Wildman–Crippen MR) is 88.8 cm³/mol. The van der Waals surface area contributed by atoms with E-state index in [0.29, 0.717) is 9.75 Å². The second kappa shape index (κ2) is 8.24. The van der Waals surface area contributed by atoms with E-state index < -0.39 is 12.1 Å². The van der Waals surface area contributed by atoms with Crippen LogP contribution in [0.4, 0.5) is 0 Å². The van der Waals surface area contributed by atoms with Crippen molar-refractivity contribution in [3.63, 3.8) is 0 Å². The minimum Gasteiger partial charge on any atom is -0.448 e. The molecule has 0 saturated heterocycles. The maximum atomic E-state index is 12.2. The Labute approximate surface area is 140 Å². The van der Waals surface area contributed by atoms with Gasteiger partial charge in [-0.1, -0.05) is 25.7 Å². The highest BCUT2D eigenvalue weighted by Gasteiger charge is 2.23. The Morgan fingerprint density at radius 2 is 1.74 bits per heavy atom. The number of amides is 1. The Morgan fingerprint density at radius 3 is 2.30 bits per heavy atom. The second-order valence-corrected chi connectivity index (χ2v) is 7.05. The van der Waals surface area contributed by atoms with Gasteiger partial charge >= 0.3 is 5.97 Å². The molecular weight excluding hydrogens is 314 g/mol. The summed E-state index contributed by atoms with van der Waals surface area (Å²) in [7, 11) is 0. The molecular formula is C17H23NO4S. The molecule has 0 bridgehead atoms. The van der Waals surface area contributed by atoms with Crippen molar-refractivity contribution >= 4 is 29.0 Å². The molecule has 5 nitrogen and oxygen atoms in total. The Hall–Kier alpha value is -1.69. The van der Waals surface area contributed by atoms with Crippen LogP contribution in [0.15, 0.2) is 12.1 Å². The van der Waals surface area contributed by atoms with Gasteiger partial charge in [-0.15, -0.1) is 11.3 Å². The number of hydrogen-bond acceptors (Lipinski definition) is 5. The maximum absolute atomic E-state index is 12.2. The maximum Gasteiger partial charge on any atom is 0.349 e. The lowest BCUT2D eigenvalue weighted by Gasteiger charge is -2.19. The fourth-order valence-corrected chi connectivity index (χ4v) is 3.44. The molecule has 1 saturated carbocycles. The summed E-state index contributed by atoms with van der Waals surface area (Å²) < 4.78 is 5.21. The largest absolute Gasteiger partial charge is 0.448 e. The van der Waals surface area contributed by atoms with E-state index in [0.717, 1.165) is 37.0 Å². The molecule has 1 atom stereocenters. The topological polar surface area (TPSA) is 72.5 Å². The molecule has 2 rings (SSSR count). The van der Waals surface area contributed by atoms with Crippen LogP contribution in [-0.4, -0.2) is 29.8 Å². The van der Waals surface area contributed by atoms with E-state index in [1.54, 1.807) is 19.1 Å². The number of ether oxygens (including phenoxy) is 1. The number of thiophene rings is 1. The third-order valence-corrected chi connectivity index (χ3v) is 5.17. The van der Waals surface area contributed by atoms with Crippen molar-refractivity contribution in [2.24, 2.45) is 0 Å². The van der Waals surface area contributed by atoms with E-state index in [1.165, 1.54) is 19.8 Å². The monoisotopic (exact) mass is 337 g/mol. The van der Waals surface area contributed by atoms with Gasteiger partial charge < -0.3 is 10.1 Å². The Morgan fingerprint density at radius 1 is 1.13 bits per heavy atom. The molecule has 1 aromatic rings. The highest BCUT2D eigenvalue weighted by atomic mass is 32.1. The number of hydrogen-bond donors (Lipinski definition) is 1. The number of carbonyl (C=O) groups is 3. The zero-order valence-electron chi connectivity index (χ0n) is 13.6. The van der Waals surface area contributed by atoms with Crippen molar-refractivity contribution in [2.75, 3.05) is 0 Å². The van der Waals surface area contributed by atoms with Gasteiger partial charge in [0.1, 0.15) is 4.88 Å². The summed E-state index contributed by atoms with van der Waals surface area (Å²) in [5, 5.41) is 2.97. The molecule has 0 aromatic carbocycles. The first kappa shape index (κ1) is 17.7. The summed E-state index contributed by atoms with van der Waals surface area (Å²) in [4.78, 5) is 36.3. The molecule has 1 fully saturated rings. The van der Waals surface area contributed by atoms with E-state index in [-0.39, 0.29) is 17.7 Å². The summed E-state index contributed by atoms with van der Waals surface area (Å²) in [5.74, 6) is -0.909. The summed E-state index contributed by atoms with van der Waals surface area (Å²) in [6, 6.07) is 3.33. The number of carbonyl (C=O) groups excluding carboxylic acids is 3.